The Bertz CT molecular complexity index is 514. The highest BCUT2D eigenvalue weighted by Gasteiger charge is 2.35. The van der Waals surface area contributed by atoms with Crippen molar-refractivity contribution in [1.29, 1.82) is 0 Å². The van der Waals surface area contributed by atoms with Crippen LogP contribution in [-0.2, 0) is 0 Å². The lowest BCUT2D eigenvalue weighted by Crippen LogP contribution is -2.03. The van der Waals surface area contributed by atoms with Crippen molar-refractivity contribution >= 4 is 35.1 Å². The molecule has 1 aromatic rings. The van der Waals surface area contributed by atoms with Crippen molar-refractivity contribution in [3.63, 3.8) is 0 Å². The number of fused-ring (bicyclic) bond motifs is 1. The molecule has 0 fully saturated rings. The zero-order chi connectivity index (χ0) is 14.5. The minimum Gasteiger partial charge on any atom is -0.288 e. The van der Waals surface area contributed by atoms with Crippen molar-refractivity contribution in [1.82, 2.24) is 0 Å². The number of hydrogen-bond acceptors (Lipinski definition) is 4. The van der Waals surface area contributed by atoms with E-state index >= 15 is 0 Å². The van der Waals surface area contributed by atoms with Crippen molar-refractivity contribution in [3.05, 3.63) is 45.2 Å². The third-order valence-electron chi connectivity index (χ3n) is 2.95. The van der Waals surface area contributed by atoms with Crippen LogP contribution in [0.5, 0.6) is 0 Å². The summed E-state index contributed by atoms with van der Waals surface area (Å²) >= 11 is 3.28. The van der Waals surface area contributed by atoms with Gasteiger partial charge in [0.05, 0.1) is 9.81 Å². The molecule has 0 saturated heterocycles. The first-order valence-electron chi connectivity index (χ1n) is 6.89. The SMILES string of the molecule is CCCSC(SCCC)=C1C(=O)c2ccccc2C1=O. The zero-order valence-electron chi connectivity index (χ0n) is 11.8. The molecule has 0 aliphatic heterocycles. The summed E-state index contributed by atoms with van der Waals surface area (Å²) < 4.78 is 0.903. The van der Waals surface area contributed by atoms with Crippen LogP contribution in [0.3, 0.4) is 0 Å². The lowest BCUT2D eigenvalue weighted by atomic mass is 10.1. The highest BCUT2D eigenvalue weighted by atomic mass is 32.2. The molecule has 0 bridgehead atoms. The molecule has 0 amide bonds. The van der Waals surface area contributed by atoms with Crippen molar-refractivity contribution in [2.75, 3.05) is 11.5 Å². The van der Waals surface area contributed by atoms with Crippen LogP contribution >= 0.6 is 23.5 Å². The van der Waals surface area contributed by atoms with Crippen molar-refractivity contribution < 1.29 is 9.59 Å². The number of allylic oxidation sites excluding steroid dienone is 1. The van der Waals surface area contributed by atoms with Crippen LogP contribution in [0.15, 0.2) is 34.1 Å². The van der Waals surface area contributed by atoms with Crippen LogP contribution in [-0.4, -0.2) is 23.1 Å². The van der Waals surface area contributed by atoms with Gasteiger partial charge in [-0.1, -0.05) is 38.1 Å². The van der Waals surface area contributed by atoms with E-state index in [-0.39, 0.29) is 11.6 Å². The standard InChI is InChI=1S/C16H18O2S2/c1-3-9-19-16(20-10-4-2)13-14(17)11-7-5-6-8-12(11)15(13)18/h5-8H,3-4,9-10H2,1-2H3. The third kappa shape index (κ3) is 3.01. The smallest absolute Gasteiger partial charge is 0.199 e. The quantitative estimate of drug-likeness (QED) is 0.570. The molecule has 106 valence electrons. The predicted octanol–water partition coefficient (Wildman–Crippen LogP) is 4.56. The van der Waals surface area contributed by atoms with Gasteiger partial charge in [0.25, 0.3) is 0 Å². The van der Waals surface area contributed by atoms with E-state index in [9.17, 15) is 9.59 Å². The molecule has 1 aromatic carbocycles. The Labute approximate surface area is 128 Å². The number of thioether (sulfide) groups is 2. The molecule has 20 heavy (non-hydrogen) atoms. The summed E-state index contributed by atoms with van der Waals surface area (Å²) in [5, 5.41) is 0. The highest BCUT2D eigenvalue weighted by molar-refractivity contribution is 8.22. The summed E-state index contributed by atoms with van der Waals surface area (Å²) in [5.41, 5.74) is 1.50. The summed E-state index contributed by atoms with van der Waals surface area (Å²) in [7, 11) is 0. The first-order valence-corrected chi connectivity index (χ1v) is 8.86. The molecule has 0 N–H and O–H groups in total. The largest absolute Gasteiger partial charge is 0.288 e. The van der Waals surface area contributed by atoms with Gasteiger partial charge in [-0.25, -0.2) is 0 Å². The Balaban J connectivity index is 2.40. The monoisotopic (exact) mass is 306 g/mol. The number of carbonyl (C=O) groups is 2. The molecule has 1 aliphatic carbocycles. The number of Topliss-reactive ketones (excluding diaryl/α,β-unsaturated/α-hetero) is 2. The van der Waals surface area contributed by atoms with E-state index in [0.29, 0.717) is 16.7 Å². The fourth-order valence-corrected chi connectivity index (χ4v) is 4.28. The van der Waals surface area contributed by atoms with Gasteiger partial charge < -0.3 is 0 Å². The highest BCUT2D eigenvalue weighted by Crippen LogP contribution is 2.38. The van der Waals surface area contributed by atoms with Crippen LogP contribution in [0.2, 0.25) is 0 Å². The number of hydrogen-bond donors (Lipinski definition) is 0. The maximum atomic E-state index is 12.5. The maximum Gasteiger partial charge on any atom is 0.199 e. The molecule has 0 atom stereocenters. The molecule has 0 saturated carbocycles. The molecule has 2 nitrogen and oxygen atoms in total. The van der Waals surface area contributed by atoms with Crippen LogP contribution in [0.4, 0.5) is 0 Å². The van der Waals surface area contributed by atoms with Gasteiger partial charge in [-0.15, -0.1) is 23.5 Å². The van der Waals surface area contributed by atoms with E-state index in [4.69, 9.17) is 0 Å². The molecular weight excluding hydrogens is 288 g/mol. The second-order valence-electron chi connectivity index (χ2n) is 4.56. The molecule has 0 heterocycles. The minimum atomic E-state index is -0.104. The fourth-order valence-electron chi connectivity index (χ4n) is 2.01. The van der Waals surface area contributed by atoms with Gasteiger partial charge in [-0.3, -0.25) is 9.59 Å². The second-order valence-corrected chi connectivity index (χ2v) is 7.03. The Morgan fingerprint density at radius 1 is 0.900 bits per heavy atom. The Morgan fingerprint density at radius 3 is 1.75 bits per heavy atom. The van der Waals surface area contributed by atoms with Crippen molar-refractivity contribution in [2.24, 2.45) is 0 Å². The normalized spacial score (nSPS) is 13.8. The van der Waals surface area contributed by atoms with Gasteiger partial charge in [0.15, 0.2) is 11.6 Å². The van der Waals surface area contributed by atoms with Crippen LogP contribution < -0.4 is 0 Å². The number of ketones is 2. The predicted molar refractivity (Wildman–Crippen MR) is 87.6 cm³/mol. The second kappa shape index (κ2) is 7.14. The minimum absolute atomic E-state index is 0.104. The number of rotatable bonds is 6. The maximum absolute atomic E-state index is 12.5. The lowest BCUT2D eigenvalue weighted by Gasteiger charge is -2.08. The van der Waals surface area contributed by atoms with Gasteiger partial charge in [-0.05, 0) is 24.3 Å². The van der Waals surface area contributed by atoms with Gasteiger partial charge in [-0.2, -0.15) is 0 Å². The first-order chi connectivity index (χ1) is 9.70. The van der Waals surface area contributed by atoms with Crippen LogP contribution in [0, 0.1) is 0 Å². The van der Waals surface area contributed by atoms with Gasteiger partial charge >= 0.3 is 0 Å². The number of benzene rings is 1. The Morgan fingerprint density at radius 2 is 1.35 bits per heavy atom. The van der Waals surface area contributed by atoms with E-state index in [0.717, 1.165) is 28.6 Å². The van der Waals surface area contributed by atoms with Crippen LogP contribution in [0.25, 0.3) is 0 Å². The van der Waals surface area contributed by atoms with Crippen molar-refractivity contribution in [2.45, 2.75) is 26.7 Å². The molecule has 4 heteroatoms. The summed E-state index contributed by atoms with van der Waals surface area (Å²) in [5.74, 6) is 1.67. The van der Waals surface area contributed by atoms with Crippen molar-refractivity contribution in [3.8, 4) is 0 Å². The molecule has 0 unspecified atom stereocenters. The lowest BCUT2D eigenvalue weighted by molar-refractivity contribution is 0.0989. The topological polar surface area (TPSA) is 34.1 Å². The number of carbonyl (C=O) groups excluding carboxylic acids is 2. The van der Waals surface area contributed by atoms with Crippen LogP contribution in [0.1, 0.15) is 47.4 Å². The summed E-state index contributed by atoms with van der Waals surface area (Å²) in [6.45, 7) is 4.21. The fraction of sp³-hybridized carbons (Fsp3) is 0.375. The molecule has 0 radical (unpaired) electrons. The molecule has 0 spiro atoms. The van der Waals surface area contributed by atoms with Gasteiger partial charge in [0.1, 0.15) is 0 Å². The van der Waals surface area contributed by atoms with E-state index in [2.05, 4.69) is 13.8 Å². The van der Waals surface area contributed by atoms with E-state index in [1.807, 2.05) is 12.1 Å². The van der Waals surface area contributed by atoms with E-state index in [1.54, 1.807) is 35.7 Å². The average Bonchev–Trinajstić information content (AvgIpc) is 2.73. The summed E-state index contributed by atoms with van der Waals surface area (Å²) in [6.07, 6.45) is 2.06. The average molecular weight is 306 g/mol. The third-order valence-corrected chi connectivity index (χ3v) is 5.81. The zero-order valence-corrected chi connectivity index (χ0v) is 13.4. The van der Waals surface area contributed by atoms with Gasteiger partial charge in [0.2, 0.25) is 0 Å². The van der Waals surface area contributed by atoms with Gasteiger partial charge in [0, 0.05) is 11.1 Å². The van der Waals surface area contributed by atoms with E-state index in [1.165, 1.54) is 0 Å². The first kappa shape index (κ1) is 15.4. The summed E-state index contributed by atoms with van der Waals surface area (Å²) in [4.78, 5) is 24.9. The molecule has 0 aromatic heterocycles. The Kier molecular flexibility index (Phi) is 5.49. The molecular formula is C16H18O2S2. The van der Waals surface area contributed by atoms with E-state index < -0.39 is 0 Å². The molecule has 1 aliphatic rings. The molecule has 2 rings (SSSR count). The Hall–Kier alpha value is -1.00. The summed E-state index contributed by atoms with van der Waals surface area (Å²) in [6, 6.07) is 7.11.